The van der Waals surface area contributed by atoms with Crippen LogP contribution in [-0.2, 0) is 4.79 Å². The first-order valence-electron chi connectivity index (χ1n) is 9.58. The van der Waals surface area contributed by atoms with E-state index in [0.29, 0.717) is 34.1 Å². The molecule has 0 aliphatic rings. The minimum Gasteiger partial charge on any atom is -0.493 e. The van der Waals surface area contributed by atoms with Crippen LogP contribution < -0.4 is 20.2 Å². The molecule has 11 nitrogen and oxygen atoms in total. The lowest BCUT2D eigenvalue weighted by molar-refractivity contribution is -0.384. The highest BCUT2D eigenvalue weighted by Crippen LogP contribution is 2.27. The highest BCUT2D eigenvalue weighted by molar-refractivity contribution is 5.97. The van der Waals surface area contributed by atoms with Crippen molar-refractivity contribution < 1.29 is 28.4 Å². The number of furan rings is 1. The van der Waals surface area contributed by atoms with Crippen molar-refractivity contribution in [2.45, 2.75) is 0 Å². The third-order valence-electron chi connectivity index (χ3n) is 4.40. The van der Waals surface area contributed by atoms with Crippen molar-refractivity contribution in [3.8, 4) is 22.8 Å². The van der Waals surface area contributed by atoms with Gasteiger partial charge in [-0.15, -0.1) is 0 Å². The zero-order chi connectivity index (χ0) is 23.8. The number of benzene rings is 2. The molecule has 0 saturated carbocycles. The summed E-state index contributed by atoms with van der Waals surface area (Å²) in [5, 5.41) is 17.2. The lowest BCUT2D eigenvalue weighted by atomic mass is 10.1. The van der Waals surface area contributed by atoms with Crippen LogP contribution >= 0.6 is 0 Å². The molecule has 1 heterocycles. The molecule has 0 fully saturated rings. The lowest BCUT2D eigenvalue weighted by Gasteiger charge is -2.09. The van der Waals surface area contributed by atoms with Crippen LogP contribution in [0.5, 0.6) is 11.5 Å². The van der Waals surface area contributed by atoms with E-state index in [2.05, 4.69) is 15.8 Å². The second-order valence-corrected chi connectivity index (χ2v) is 6.56. The minimum atomic E-state index is -0.550. The van der Waals surface area contributed by atoms with E-state index in [-0.39, 0.29) is 12.2 Å². The fourth-order valence-corrected chi connectivity index (χ4v) is 2.80. The number of hydrazone groups is 1. The quantitative estimate of drug-likeness (QED) is 0.288. The molecule has 0 atom stereocenters. The summed E-state index contributed by atoms with van der Waals surface area (Å²) < 4.78 is 15.8. The normalized spacial score (nSPS) is 10.6. The first kappa shape index (κ1) is 23.0. The molecule has 0 unspecified atom stereocenters. The number of non-ortho nitro benzene ring substituents is 1. The molecule has 3 aromatic rings. The molecular weight excluding hydrogens is 432 g/mol. The van der Waals surface area contributed by atoms with Crippen LogP contribution in [0.2, 0.25) is 0 Å². The number of nitrogens with one attached hydrogen (secondary N) is 2. The van der Waals surface area contributed by atoms with Crippen LogP contribution in [0.25, 0.3) is 11.3 Å². The molecule has 33 heavy (non-hydrogen) atoms. The number of carbonyl (C=O) groups is 2. The van der Waals surface area contributed by atoms with Gasteiger partial charge in [0, 0.05) is 23.3 Å². The van der Waals surface area contributed by atoms with E-state index in [0.717, 1.165) is 0 Å². The minimum absolute atomic E-state index is 0.0542. The number of hydrogen-bond donors (Lipinski definition) is 2. The molecule has 2 aromatic carbocycles. The third-order valence-corrected chi connectivity index (χ3v) is 4.40. The van der Waals surface area contributed by atoms with E-state index in [1.165, 1.54) is 38.6 Å². The predicted octanol–water partition coefficient (Wildman–Crippen LogP) is 2.75. The Kier molecular flexibility index (Phi) is 7.37. The summed E-state index contributed by atoms with van der Waals surface area (Å²) in [6.45, 7) is -0.304. The summed E-state index contributed by atoms with van der Waals surface area (Å²) in [6.07, 6.45) is 1.27. The molecule has 0 bridgehead atoms. The maximum absolute atomic E-state index is 12.2. The maximum Gasteiger partial charge on any atom is 0.270 e. The average Bonchev–Trinajstić information content (AvgIpc) is 3.31. The van der Waals surface area contributed by atoms with Gasteiger partial charge in [-0.05, 0) is 30.3 Å². The number of nitrogens with zero attached hydrogens (tertiary/aromatic N) is 2. The van der Waals surface area contributed by atoms with Gasteiger partial charge in [-0.3, -0.25) is 19.7 Å². The van der Waals surface area contributed by atoms with Crippen molar-refractivity contribution in [1.29, 1.82) is 0 Å². The van der Waals surface area contributed by atoms with Gasteiger partial charge in [0.1, 0.15) is 11.5 Å². The van der Waals surface area contributed by atoms with Crippen molar-refractivity contribution >= 4 is 23.7 Å². The molecule has 0 radical (unpaired) electrons. The number of amides is 2. The second kappa shape index (κ2) is 10.6. The molecule has 1 aromatic heterocycles. The van der Waals surface area contributed by atoms with Crippen molar-refractivity contribution in [2.24, 2.45) is 5.10 Å². The number of nitro groups is 1. The highest BCUT2D eigenvalue weighted by Gasteiger charge is 2.12. The zero-order valence-electron chi connectivity index (χ0n) is 17.7. The molecule has 3 rings (SSSR count). The Balaban J connectivity index is 1.52. The van der Waals surface area contributed by atoms with Gasteiger partial charge in [0.25, 0.3) is 17.5 Å². The van der Waals surface area contributed by atoms with Gasteiger partial charge in [0.05, 0.1) is 31.9 Å². The smallest absolute Gasteiger partial charge is 0.270 e. The zero-order valence-corrected chi connectivity index (χ0v) is 17.7. The van der Waals surface area contributed by atoms with Gasteiger partial charge in [-0.25, -0.2) is 5.43 Å². The molecule has 0 saturated heterocycles. The third kappa shape index (κ3) is 5.94. The molecule has 170 valence electrons. The van der Waals surface area contributed by atoms with E-state index in [4.69, 9.17) is 13.9 Å². The average molecular weight is 452 g/mol. The van der Waals surface area contributed by atoms with Crippen molar-refractivity contribution in [3.63, 3.8) is 0 Å². The van der Waals surface area contributed by atoms with E-state index in [1.807, 2.05) is 0 Å². The van der Waals surface area contributed by atoms with Gasteiger partial charge in [-0.2, -0.15) is 5.10 Å². The van der Waals surface area contributed by atoms with Gasteiger partial charge >= 0.3 is 0 Å². The standard InChI is InChI=1S/C22H20N4O7/c1-31-19-8-6-15(11-20(19)32-2)22(28)23-13-21(27)25-24-12-17-7-9-18(33-17)14-4-3-5-16(10-14)26(29)30/h3-12H,13H2,1-2H3,(H,23,28)(H,25,27)/b24-12+. The van der Waals surface area contributed by atoms with E-state index < -0.39 is 16.7 Å². The maximum atomic E-state index is 12.2. The largest absolute Gasteiger partial charge is 0.493 e. The number of rotatable bonds is 9. The lowest BCUT2D eigenvalue weighted by Crippen LogP contribution is -2.34. The second-order valence-electron chi connectivity index (χ2n) is 6.56. The SMILES string of the molecule is COc1ccc(C(=O)NCC(=O)N/N=C/c2ccc(-c3cccc([N+](=O)[O-])c3)o2)cc1OC. The van der Waals surface area contributed by atoms with Crippen LogP contribution in [0.4, 0.5) is 5.69 Å². The van der Waals surface area contributed by atoms with E-state index in [9.17, 15) is 19.7 Å². The predicted molar refractivity (Wildman–Crippen MR) is 118 cm³/mol. The molecule has 0 aliphatic carbocycles. The van der Waals surface area contributed by atoms with Crippen LogP contribution in [0.15, 0.2) is 64.1 Å². The summed E-state index contributed by atoms with van der Waals surface area (Å²) in [7, 11) is 2.94. The molecule has 0 aliphatic heterocycles. The monoisotopic (exact) mass is 452 g/mol. The Morgan fingerprint density at radius 3 is 2.61 bits per heavy atom. The van der Waals surface area contributed by atoms with Gasteiger partial charge in [0.2, 0.25) is 0 Å². The highest BCUT2D eigenvalue weighted by atomic mass is 16.6. The van der Waals surface area contributed by atoms with Crippen molar-refractivity contribution in [1.82, 2.24) is 10.7 Å². The molecule has 0 spiro atoms. The number of hydrogen-bond acceptors (Lipinski definition) is 8. The molecular formula is C22H20N4O7. The first-order valence-corrected chi connectivity index (χ1v) is 9.58. The summed E-state index contributed by atoms with van der Waals surface area (Å²) in [6, 6.07) is 13.9. The van der Waals surface area contributed by atoms with Crippen LogP contribution in [-0.4, -0.2) is 43.7 Å². The summed E-state index contributed by atoms with van der Waals surface area (Å²) in [5.41, 5.74) is 3.05. The summed E-state index contributed by atoms with van der Waals surface area (Å²) in [4.78, 5) is 34.6. The number of carbonyl (C=O) groups excluding carboxylic acids is 2. The Morgan fingerprint density at radius 1 is 1.09 bits per heavy atom. The fourth-order valence-electron chi connectivity index (χ4n) is 2.80. The Morgan fingerprint density at radius 2 is 1.88 bits per heavy atom. The van der Waals surface area contributed by atoms with E-state index >= 15 is 0 Å². The van der Waals surface area contributed by atoms with Gasteiger partial charge < -0.3 is 19.2 Å². The topological polar surface area (TPSA) is 145 Å². The Hall–Kier alpha value is -4.67. The van der Waals surface area contributed by atoms with E-state index in [1.54, 1.807) is 36.4 Å². The number of ether oxygens (including phenoxy) is 2. The summed E-state index contributed by atoms with van der Waals surface area (Å²) in [5.74, 6) is 0.586. The molecule has 2 N–H and O–H groups in total. The van der Waals surface area contributed by atoms with Crippen molar-refractivity contribution in [2.75, 3.05) is 20.8 Å². The molecule has 11 heteroatoms. The number of methoxy groups -OCH3 is 2. The van der Waals surface area contributed by atoms with Crippen LogP contribution in [0, 0.1) is 10.1 Å². The van der Waals surface area contributed by atoms with Crippen LogP contribution in [0.1, 0.15) is 16.1 Å². The Labute approximate surface area is 188 Å². The Bertz CT molecular complexity index is 1200. The fraction of sp³-hybridized carbons (Fsp3) is 0.136. The molecule has 2 amide bonds. The van der Waals surface area contributed by atoms with Crippen molar-refractivity contribution in [3.05, 3.63) is 76.0 Å². The van der Waals surface area contributed by atoms with Gasteiger partial charge in [0.15, 0.2) is 11.5 Å². The summed E-state index contributed by atoms with van der Waals surface area (Å²) >= 11 is 0. The number of nitro benzene ring substituents is 1. The van der Waals surface area contributed by atoms with Gasteiger partial charge in [-0.1, -0.05) is 12.1 Å². The van der Waals surface area contributed by atoms with Crippen LogP contribution in [0.3, 0.4) is 0 Å². The first-order chi connectivity index (χ1) is 15.9.